The van der Waals surface area contributed by atoms with E-state index in [0.717, 1.165) is 11.3 Å². The number of halogens is 1. The van der Waals surface area contributed by atoms with Gasteiger partial charge < -0.3 is 15.7 Å². The fourth-order valence-electron chi connectivity index (χ4n) is 2.37. The Balaban J connectivity index is 0.00000161. The third-order valence-electron chi connectivity index (χ3n) is 3.40. The highest BCUT2D eigenvalue weighted by molar-refractivity contribution is 8.93. The molecule has 0 saturated carbocycles. The van der Waals surface area contributed by atoms with Crippen LogP contribution in [0.4, 0.5) is 5.69 Å². The fraction of sp³-hybridized carbons (Fsp3) is 0.0625. The van der Waals surface area contributed by atoms with Gasteiger partial charge in [0.05, 0.1) is 12.1 Å². The van der Waals surface area contributed by atoms with E-state index in [0.29, 0.717) is 12.4 Å². The summed E-state index contributed by atoms with van der Waals surface area (Å²) in [6, 6.07) is 14.8. The zero-order chi connectivity index (χ0) is 14.1. The number of nitrogens with two attached hydrogens (primary N) is 1. The van der Waals surface area contributed by atoms with Gasteiger partial charge in [-0.15, -0.1) is 17.0 Å². The average molecular weight is 347 g/mol. The molecule has 5 heteroatoms. The molecule has 0 radical (unpaired) electrons. The molecule has 0 unspecified atom stereocenters. The van der Waals surface area contributed by atoms with E-state index in [4.69, 9.17) is 10.8 Å². The molecule has 1 heterocycles. The van der Waals surface area contributed by atoms with Gasteiger partial charge >= 0.3 is 5.97 Å². The first-order valence-corrected chi connectivity index (χ1v) is 6.31. The Morgan fingerprint density at radius 3 is 2.67 bits per heavy atom. The lowest BCUT2D eigenvalue weighted by molar-refractivity contribution is 0.0697. The normalized spacial score (nSPS) is 13.0. The molecule has 0 saturated heterocycles. The topological polar surface area (TPSA) is 66.6 Å². The van der Waals surface area contributed by atoms with Crippen LogP contribution in [0.3, 0.4) is 0 Å². The summed E-state index contributed by atoms with van der Waals surface area (Å²) >= 11 is 0. The van der Waals surface area contributed by atoms with Crippen molar-refractivity contribution in [1.82, 2.24) is 0 Å². The monoisotopic (exact) mass is 346 g/mol. The number of carboxylic acid groups (broad SMARTS) is 1. The predicted molar refractivity (Wildman–Crippen MR) is 88.5 cm³/mol. The fourth-order valence-corrected chi connectivity index (χ4v) is 2.37. The van der Waals surface area contributed by atoms with E-state index in [9.17, 15) is 4.79 Å². The minimum Gasteiger partial charge on any atom is -0.478 e. The maximum absolute atomic E-state index is 11.1. The van der Waals surface area contributed by atoms with Crippen LogP contribution in [0.15, 0.2) is 54.4 Å². The lowest BCUT2D eigenvalue weighted by atomic mass is 10.0. The summed E-state index contributed by atoms with van der Waals surface area (Å²) in [6.45, 7) is 0.640. The molecule has 2 aromatic rings. The van der Waals surface area contributed by atoms with E-state index in [2.05, 4.69) is 0 Å². The molecule has 2 aromatic carbocycles. The van der Waals surface area contributed by atoms with Gasteiger partial charge in [-0.2, -0.15) is 0 Å². The van der Waals surface area contributed by atoms with Gasteiger partial charge in [0.1, 0.15) is 5.82 Å². The number of carbonyl (C=O) groups is 1. The molecule has 3 rings (SSSR count). The van der Waals surface area contributed by atoms with Crippen molar-refractivity contribution in [3.05, 3.63) is 71.0 Å². The van der Waals surface area contributed by atoms with Crippen LogP contribution in [-0.2, 0) is 6.54 Å². The molecule has 1 aliphatic rings. The number of anilines is 1. The SMILES string of the molecule is Br.NC1=Cc2ccccc2CN1c1cccc(C(=O)O)c1. The van der Waals surface area contributed by atoms with E-state index in [-0.39, 0.29) is 22.5 Å². The molecule has 0 spiro atoms. The van der Waals surface area contributed by atoms with Crippen molar-refractivity contribution >= 4 is 34.7 Å². The first kappa shape index (κ1) is 15.1. The van der Waals surface area contributed by atoms with Gasteiger partial charge in [-0.1, -0.05) is 30.3 Å². The van der Waals surface area contributed by atoms with Crippen molar-refractivity contribution in [1.29, 1.82) is 0 Å². The van der Waals surface area contributed by atoms with Crippen LogP contribution in [0.5, 0.6) is 0 Å². The zero-order valence-electron chi connectivity index (χ0n) is 11.2. The Hall–Kier alpha value is -2.27. The second-order valence-corrected chi connectivity index (χ2v) is 4.71. The van der Waals surface area contributed by atoms with Gasteiger partial charge in [0, 0.05) is 5.69 Å². The zero-order valence-corrected chi connectivity index (χ0v) is 12.9. The maximum atomic E-state index is 11.1. The Bertz CT molecular complexity index is 713. The summed E-state index contributed by atoms with van der Waals surface area (Å²) in [6.07, 6.45) is 1.91. The van der Waals surface area contributed by atoms with E-state index >= 15 is 0 Å². The number of benzene rings is 2. The highest BCUT2D eigenvalue weighted by atomic mass is 79.9. The summed E-state index contributed by atoms with van der Waals surface area (Å²) < 4.78 is 0. The third-order valence-corrected chi connectivity index (χ3v) is 3.40. The van der Waals surface area contributed by atoms with Crippen LogP contribution < -0.4 is 10.6 Å². The van der Waals surface area contributed by atoms with Gasteiger partial charge in [-0.05, 0) is 35.4 Å². The number of fused-ring (bicyclic) bond motifs is 1. The minimum absolute atomic E-state index is 0. The predicted octanol–water partition coefficient (Wildman–Crippen LogP) is 3.24. The van der Waals surface area contributed by atoms with Crippen LogP contribution >= 0.6 is 17.0 Å². The van der Waals surface area contributed by atoms with Gasteiger partial charge in [0.15, 0.2) is 0 Å². The number of nitrogens with zero attached hydrogens (tertiary/aromatic N) is 1. The molecular weight excluding hydrogens is 332 g/mol. The average Bonchev–Trinajstić information content (AvgIpc) is 2.46. The van der Waals surface area contributed by atoms with Crippen molar-refractivity contribution in [2.45, 2.75) is 6.54 Å². The largest absolute Gasteiger partial charge is 0.478 e. The Morgan fingerprint density at radius 1 is 1.14 bits per heavy atom. The van der Waals surface area contributed by atoms with Crippen molar-refractivity contribution in [3.63, 3.8) is 0 Å². The van der Waals surface area contributed by atoms with Crippen molar-refractivity contribution in [2.24, 2.45) is 5.73 Å². The molecule has 3 N–H and O–H groups in total. The standard InChI is InChI=1S/C16H14N2O2.BrH/c17-15-9-11-4-1-2-5-13(11)10-18(15)14-7-3-6-12(8-14)16(19)20;/h1-9H,10,17H2,(H,19,20);1H. The molecule has 21 heavy (non-hydrogen) atoms. The summed E-state index contributed by atoms with van der Waals surface area (Å²) in [5.74, 6) is -0.321. The molecule has 1 aliphatic heterocycles. The van der Waals surface area contributed by atoms with Gasteiger partial charge in [-0.3, -0.25) is 0 Å². The molecule has 0 amide bonds. The Labute approximate surface area is 133 Å². The van der Waals surface area contributed by atoms with Crippen molar-refractivity contribution < 1.29 is 9.90 Å². The van der Waals surface area contributed by atoms with E-state index in [1.54, 1.807) is 18.2 Å². The molecule has 0 bridgehead atoms. The molecule has 0 fully saturated rings. The van der Waals surface area contributed by atoms with Crippen LogP contribution in [0, 0.1) is 0 Å². The molecule has 108 valence electrons. The van der Waals surface area contributed by atoms with Crippen molar-refractivity contribution in [3.8, 4) is 0 Å². The van der Waals surface area contributed by atoms with E-state index in [1.165, 1.54) is 5.56 Å². The van der Waals surface area contributed by atoms with E-state index in [1.807, 2.05) is 41.3 Å². The number of hydrogen-bond donors (Lipinski definition) is 2. The number of hydrogen-bond acceptors (Lipinski definition) is 3. The van der Waals surface area contributed by atoms with Gasteiger partial charge in [0.2, 0.25) is 0 Å². The van der Waals surface area contributed by atoms with Crippen LogP contribution in [-0.4, -0.2) is 11.1 Å². The Kier molecular flexibility index (Phi) is 4.33. The molecule has 4 nitrogen and oxygen atoms in total. The Morgan fingerprint density at radius 2 is 1.90 bits per heavy atom. The van der Waals surface area contributed by atoms with Crippen molar-refractivity contribution in [2.75, 3.05) is 4.90 Å². The van der Waals surface area contributed by atoms with Gasteiger partial charge in [-0.25, -0.2) is 4.79 Å². The molecule has 0 aliphatic carbocycles. The smallest absolute Gasteiger partial charge is 0.335 e. The lowest BCUT2D eigenvalue weighted by Crippen LogP contribution is -2.30. The molecule has 0 aromatic heterocycles. The number of aromatic carboxylic acids is 1. The lowest BCUT2D eigenvalue weighted by Gasteiger charge is -2.29. The van der Waals surface area contributed by atoms with E-state index < -0.39 is 5.97 Å². The second kappa shape index (κ2) is 6.01. The number of rotatable bonds is 2. The maximum Gasteiger partial charge on any atom is 0.335 e. The first-order valence-electron chi connectivity index (χ1n) is 6.31. The highest BCUT2D eigenvalue weighted by Gasteiger charge is 2.18. The van der Waals surface area contributed by atoms with Gasteiger partial charge in [0.25, 0.3) is 0 Å². The minimum atomic E-state index is -0.938. The summed E-state index contributed by atoms with van der Waals surface area (Å²) in [5.41, 5.74) is 9.41. The molecule has 0 atom stereocenters. The summed E-state index contributed by atoms with van der Waals surface area (Å²) in [5, 5.41) is 9.07. The summed E-state index contributed by atoms with van der Waals surface area (Å²) in [4.78, 5) is 13.0. The first-order chi connectivity index (χ1) is 9.65. The highest BCUT2D eigenvalue weighted by Crippen LogP contribution is 2.28. The number of carboxylic acids is 1. The van der Waals surface area contributed by atoms with Crippen LogP contribution in [0.1, 0.15) is 21.5 Å². The van der Waals surface area contributed by atoms with Crippen LogP contribution in [0.25, 0.3) is 6.08 Å². The summed E-state index contributed by atoms with van der Waals surface area (Å²) in [7, 11) is 0. The third kappa shape index (κ3) is 2.92. The quantitative estimate of drug-likeness (QED) is 0.875. The molecular formula is C16H15BrN2O2. The van der Waals surface area contributed by atoms with Crippen LogP contribution in [0.2, 0.25) is 0 Å². The second-order valence-electron chi connectivity index (χ2n) is 4.71.